The molecule has 0 amide bonds. The smallest absolute Gasteiger partial charge is 0.223 e. The average Bonchev–Trinajstić information content (AvgIpc) is 2.73. The summed E-state index contributed by atoms with van der Waals surface area (Å²) in [4.78, 5) is 6.66. The Balaban J connectivity index is 1.71. The zero-order chi connectivity index (χ0) is 11.4. The Hall–Kier alpha value is -0.940. The molecular weight excluding hydrogens is 204 g/mol. The molecule has 1 aromatic rings. The van der Waals surface area contributed by atoms with Gasteiger partial charge in [-0.15, -0.1) is 0 Å². The van der Waals surface area contributed by atoms with E-state index in [1.807, 2.05) is 6.92 Å². The Morgan fingerprint density at radius 2 is 2.19 bits per heavy atom. The fourth-order valence-electron chi connectivity index (χ4n) is 2.10. The zero-order valence-corrected chi connectivity index (χ0v) is 10.1. The Morgan fingerprint density at radius 3 is 2.75 bits per heavy atom. The molecule has 0 aliphatic carbocycles. The molecule has 0 unspecified atom stereocenters. The highest BCUT2D eigenvalue weighted by Crippen LogP contribution is 2.10. The van der Waals surface area contributed by atoms with E-state index < -0.39 is 0 Å². The van der Waals surface area contributed by atoms with Crippen LogP contribution in [0.1, 0.15) is 31.5 Å². The molecule has 1 saturated heterocycles. The lowest BCUT2D eigenvalue weighted by Crippen LogP contribution is -2.42. The van der Waals surface area contributed by atoms with Crippen LogP contribution in [0.2, 0.25) is 0 Å². The van der Waals surface area contributed by atoms with E-state index in [4.69, 9.17) is 4.52 Å². The molecule has 1 fully saturated rings. The Bertz CT molecular complexity index is 318. The number of piperidine rings is 1. The third-order valence-corrected chi connectivity index (χ3v) is 3.15. The lowest BCUT2D eigenvalue weighted by molar-refractivity contribution is 0.205. The molecular formula is C11H20N4O. The minimum absolute atomic E-state index is 0.599. The van der Waals surface area contributed by atoms with Gasteiger partial charge in [-0.05, 0) is 32.5 Å². The highest BCUT2D eigenvalue weighted by atomic mass is 16.5. The van der Waals surface area contributed by atoms with Crippen LogP contribution in [0.4, 0.5) is 0 Å². The summed E-state index contributed by atoms with van der Waals surface area (Å²) in [6.07, 6.45) is 2.43. The van der Waals surface area contributed by atoms with Gasteiger partial charge in [0.25, 0.3) is 0 Å². The van der Waals surface area contributed by atoms with Crippen LogP contribution in [0.5, 0.6) is 0 Å². The molecule has 0 bridgehead atoms. The summed E-state index contributed by atoms with van der Waals surface area (Å²) in [5.41, 5.74) is 0. The van der Waals surface area contributed by atoms with Gasteiger partial charge in [0, 0.05) is 13.0 Å². The molecule has 2 heterocycles. The Morgan fingerprint density at radius 1 is 1.44 bits per heavy atom. The van der Waals surface area contributed by atoms with Crippen molar-refractivity contribution in [2.45, 2.75) is 39.3 Å². The van der Waals surface area contributed by atoms with Gasteiger partial charge in [0.1, 0.15) is 0 Å². The summed E-state index contributed by atoms with van der Waals surface area (Å²) in [5, 5.41) is 7.36. The van der Waals surface area contributed by atoms with Gasteiger partial charge in [0.15, 0.2) is 5.82 Å². The first-order chi connectivity index (χ1) is 7.78. The molecule has 1 aromatic heterocycles. The standard InChI is InChI=1S/C11H20N4O/c1-3-15-6-4-10(5-7-15)12-8-11-13-9(2)16-14-11/h10,12H,3-8H2,1-2H3. The third kappa shape index (κ3) is 3.02. The first-order valence-electron chi connectivity index (χ1n) is 6.03. The van der Waals surface area contributed by atoms with E-state index in [0.717, 1.165) is 12.4 Å². The first-order valence-corrected chi connectivity index (χ1v) is 6.03. The van der Waals surface area contributed by atoms with E-state index in [1.54, 1.807) is 0 Å². The molecule has 16 heavy (non-hydrogen) atoms. The van der Waals surface area contributed by atoms with E-state index in [9.17, 15) is 0 Å². The van der Waals surface area contributed by atoms with Crippen LogP contribution in [-0.2, 0) is 6.54 Å². The topological polar surface area (TPSA) is 54.2 Å². The van der Waals surface area contributed by atoms with Crippen LogP contribution < -0.4 is 5.32 Å². The molecule has 1 aliphatic heterocycles. The molecule has 5 heteroatoms. The average molecular weight is 224 g/mol. The summed E-state index contributed by atoms with van der Waals surface area (Å²) < 4.78 is 4.93. The number of likely N-dealkylation sites (tertiary alicyclic amines) is 1. The van der Waals surface area contributed by atoms with Crippen molar-refractivity contribution in [3.63, 3.8) is 0 Å². The van der Waals surface area contributed by atoms with Gasteiger partial charge in [-0.25, -0.2) is 0 Å². The molecule has 0 spiro atoms. The van der Waals surface area contributed by atoms with Gasteiger partial charge >= 0.3 is 0 Å². The molecule has 2 rings (SSSR count). The largest absolute Gasteiger partial charge is 0.340 e. The highest BCUT2D eigenvalue weighted by molar-refractivity contribution is 4.85. The maximum absolute atomic E-state index is 4.93. The van der Waals surface area contributed by atoms with Crippen molar-refractivity contribution < 1.29 is 4.52 Å². The Labute approximate surface area is 96.2 Å². The van der Waals surface area contributed by atoms with Crippen molar-refractivity contribution in [3.8, 4) is 0 Å². The lowest BCUT2D eigenvalue weighted by Gasteiger charge is -2.31. The first kappa shape index (κ1) is 11.5. The number of nitrogens with zero attached hydrogens (tertiary/aromatic N) is 3. The molecule has 1 aliphatic rings. The molecule has 5 nitrogen and oxygen atoms in total. The van der Waals surface area contributed by atoms with Crippen molar-refractivity contribution >= 4 is 0 Å². The van der Waals surface area contributed by atoms with Crippen LogP contribution >= 0.6 is 0 Å². The summed E-state index contributed by atoms with van der Waals surface area (Å²) in [5.74, 6) is 1.40. The number of nitrogens with one attached hydrogen (secondary N) is 1. The number of hydrogen-bond donors (Lipinski definition) is 1. The van der Waals surface area contributed by atoms with Crippen molar-refractivity contribution in [1.82, 2.24) is 20.4 Å². The minimum atomic E-state index is 0.599. The summed E-state index contributed by atoms with van der Waals surface area (Å²) in [6.45, 7) is 8.30. The monoisotopic (exact) mass is 224 g/mol. The van der Waals surface area contributed by atoms with Gasteiger partial charge in [-0.3, -0.25) is 0 Å². The number of aryl methyl sites for hydroxylation is 1. The second-order valence-corrected chi connectivity index (χ2v) is 4.32. The number of rotatable bonds is 4. The van der Waals surface area contributed by atoms with Crippen LogP contribution in [-0.4, -0.2) is 40.7 Å². The van der Waals surface area contributed by atoms with E-state index in [-0.39, 0.29) is 0 Å². The van der Waals surface area contributed by atoms with E-state index >= 15 is 0 Å². The molecule has 0 radical (unpaired) electrons. The third-order valence-electron chi connectivity index (χ3n) is 3.15. The van der Waals surface area contributed by atoms with Gasteiger partial charge in [-0.1, -0.05) is 12.1 Å². The highest BCUT2D eigenvalue weighted by Gasteiger charge is 2.17. The van der Waals surface area contributed by atoms with Crippen LogP contribution in [0.15, 0.2) is 4.52 Å². The van der Waals surface area contributed by atoms with Crippen molar-refractivity contribution in [1.29, 1.82) is 0 Å². The van der Waals surface area contributed by atoms with Crippen LogP contribution in [0.3, 0.4) is 0 Å². The van der Waals surface area contributed by atoms with E-state index in [2.05, 4.69) is 27.3 Å². The lowest BCUT2D eigenvalue weighted by atomic mass is 10.1. The Kier molecular flexibility index (Phi) is 3.90. The number of aromatic nitrogens is 2. The molecule has 0 aromatic carbocycles. The zero-order valence-electron chi connectivity index (χ0n) is 10.1. The molecule has 0 atom stereocenters. The molecule has 0 saturated carbocycles. The maximum Gasteiger partial charge on any atom is 0.223 e. The van der Waals surface area contributed by atoms with Gasteiger partial charge in [0.2, 0.25) is 5.89 Å². The van der Waals surface area contributed by atoms with Gasteiger partial charge in [0.05, 0.1) is 6.54 Å². The summed E-state index contributed by atoms with van der Waals surface area (Å²) in [6, 6.07) is 0.599. The fraction of sp³-hybridized carbons (Fsp3) is 0.818. The van der Waals surface area contributed by atoms with Crippen molar-refractivity contribution in [2.24, 2.45) is 0 Å². The van der Waals surface area contributed by atoms with E-state index in [0.29, 0.717) is 18.5 Å². The second-order valence-electron chi connectivity index (χ2n) is 4.32. The second kappa shape index (κ2) is 5.41. The van der Waals surface area contributed by atoms with Gasteiger partial charge < -0.3 is 14.7 Å². The summed E-state index contributed by atoms with van der Waals surface area (Å²) >= 11 is 0. The minimum Gasteiger partial charge on any atom is -0.340 e. The quantitative estimate of drug-likeness (QED) is 0.825. The van der Waals surface area contributed by atoms with Crippen LogP contribution in [0.25, 0.3) is 0 Å². The number of hydrogen-bond acceptors (Lipinski definition) is 5. The molecule has 90 valence electrons. The SMILES string of the molecule is CCN1CCC(NCc2noc(C)n2)CC1. The molecule has 1 N–H and O–H groups in total. The normalized spacial score (nSPS) is 19.1. The van der Waals surface area contributed by atoms with Gasteiger partial charge in [-0.2, -0.15) is 4.98 Å². The van der Waals surface area contributed by atoms with Crippen molar-refractivity contribution in [2.75, 3.05) is 19.6 Å². The van der Waals surface area contributed by atoms with Crippen LogP contribution in [0, 0.1) is 6.92 Å². The fourth-order valence-corrected chi connectivity index (χ4v) is 2.10. The predicted molar refractivity (Wildman–Crippen MR) is 61.0 cm³/mol. The van der Waals surface area contributed by atoms with Crippen molar-refractivity contribution in [3.05, 3.63) is 11.7 Å². The predicted octanol–water partition coefficient (Wildman–Crippen LogP) is 0.952. The van der Waals surface area contributed by atoms with E-state index in [1.165, 1.54) is 25.9 Å². The maximum atomic E-state index is 4.93. The summed E-state index contributed by atoms with van der Waals surface area (Å²) in [7, 11) is 0.